The largest absolute Gasteiger partial charge is 0.442 e. The number of fused-ring (bicyclic) bond motifs is 1. The third-order valence-corrected chi connectivity index (χ3v) is 3.47. The zero-order valence-corrected chi connectivity index (χ0v) is 11.4. The normalized spacial score (nSPS) is 14.4. The van der Waals surface area contributed by atoms with Crippen LogP contribution in [-0.4, -0.2) is 33.6 Å². The van der Waals surface area contributed by atoms with Crippen LogP contribution in [0.3, 0.4) is 0 Å². The maximum atomic E-state index is 11.0. The predicted molar refractivity (Wildman–Crippen MR) is 80.3 cm³/mol. The summed E-state index contributed by atoms with van der Waals surface area (Å²) < 4.78 is 4.93. The van der Waals surface area contributed by atoms with Crippen LogP contribution < -0.4 is 5.43 Å². The summed E-state index contributed by atoms with van der Waals surface area (Å²) in [5.74, 6) is 0. The fourth-order valence-electron chi connectivity index (χ4n) is 2.38. The Labute approximate surface area is 125 Å². The number of carbonyl (C=O) groups is 1. The van der Waals surface area contributed by atoms with Crippen LogP contribution in [0.4, 0.5) is 4.79 Å². The van der Waals surface area contributed by atoms with Gasteiger partial charge in [0.15, 0.2) is 0 Å². The Morgan fingerprint density at radius 3 is 2.82 bits per heavy atom. The SMILES string of the molecule is O=C1NN=C(c2ccc3[nH]c(-c4ccnnc4)cc3c2)CO1. The third kappa shape index (κ3) is 2.18. The Morgan fingerprint density at radius 1 is 1.09 bits per heavy atom. The van der Waals surface area contributed by atoms with Gasteiger partial charge in [-0.05, 0) is 24.3 Å². The first-order chi connectivity index (χ1) is 10.8. The van der Waals surface area contributed by atoms with Crippen molar-refractivity contribution in [3.8, 4) is 11.3 Å². The maximum Gasteiger partial charge on any atom is 0.428 e. The number of benzene rings is 1. The summed E-state index contributed by atoms with van der Waals surface area (Å²) in [7, 11) is 0. The first-order valence-electron chi connectivity index (χ1n) is 6.69. The number of rotatable bonds is 2. The smallest absolute Gasteiger partial charge is 0.428 e. The summed E-state index contributed by atoms with van der Waals surface area (Å²) >= 11 is 0. The molecule has 0 saturated carbocycles. The van der Waals surface area contributed by atoms with Gasteiger partial charge in [0.25, 0.3) is 0 Å². The van der Waals surface area contributed by atoms with Crippen LogP contribution in [0, 0.1) is 0 Å². The molecule has 1 amide bonds. The van der Waals surface area contributed by atoms with Gasteiger partial charge < -0.3 is 9.72 Å². The van der Waals surface area contributed by atoms with Crippen LogP contribution in [0.15, 0.2) is 47.8 Å². The molecular formula is C15H11N5O2. The minimum atomic E-state index is -0.529. The van der Waals surface area contributed by atoms with Crippen LogP contribution in [0.2, 0.25) is 0 Å². The Morgan fingerprint density at radius 2 is 2.05 bits per heavy atom. The molecule has 0 radical (unpaired) electrons. The van der Waals surface area contributed by atoms with E-state index in [2.05, 4.69) is 25.7 Å². The highest BCUT2D eigenvalue weighted by molar-refractivity contribution is 6.06. The zero-order valence-electron chi connectivity index (χ0n) is 11.4. The lowest BCUT2D eigenvalue weighted by Crippen LogP contribution is -2.30. The molecule has 1 aliphatic heterocycles. The van der Waals surface area contributed by atoms with E-state index < -0.39 is 6.09 Å². The third-order valence-electron chi connectivity index (χ3n) is 3.47. The van der Waals surface area contributed by atoms with Gasteiger partial charge in [0.1, 0.15) is 12.3 Å². The lowest BCUT2D eigenvalue weighted by Gasteiger charge is -2.12. The van der Waals surface area contributed by atoms with Crippen LogP contribution >= 0.6 is 0 Å². The average molecular weight is 293 g/mol. The number of H-pyrrole nitrogens is 1. The van der Waals surface area contributed by atoms with Crippen LogP contribution in [0.25, 0.3) is 22.2 Å². The molecule has 0 spiro atoms. The molecule has 0 aliphatic carbocycles. The van der Waals surface area contributed by atoms with E-state index >= 15 is 0 Å². The number of cyclic esters (lactones) is 1. The van der Waals surface area contributed by atoms with Crippen molar-refractivity contribution in [2.75, 3.05) is 6.61 Å². The van der Waals surface area contributed by atoms with E-state index in [-0.39, 0.29) is 6.61 Å². The first kappa shape index (κ1) is 12.5. The molecule has 7 heteroatoms. The number of ether oxygens (including phenoxy) is 1. The topological polar surface area (TPSA) is 92.3 Å². The molecule has 4 rings (SSSR count). The van der Waals surface area contributed by atoms with Gasteiger partial charge >= 0.3 is 6.09 Å². The first-order valence-corrected chi connectivity index (χ1v) is 6.69. The molecule has 7 nitrogen and oxygen atoms in total. The van der Waals surface area contributed by atoms with E-state index in [1.54, 1.807) is 12.4 Å². The quantitative estimate of drug-likeness (QED) is 0.756. The number of nitrogens with zero attached hydrogens (tertiary/aromatic N) is 3. The minimum Gasteiger partial charge on any atom is -0.442 e. The molecule has 0 atom stereocenters. The van der Waals surface area contributed by atoms with Crippen molar-refractivity contribution in [1.29, 1.82) is 0 Å². The van der Waals surface area contributed by atoms with Crippen molar-refractivity contribution < 1.29 is 9.53 Å². The number of aromatic nitrogens is 3. The minimum absolute atomic E-state index is 0.170. The summed E-state index contributed by atoms with van der Waals surface area (Å²) in [5, 5.41) is 12.7. The van der Waals surface area contributed by atoms with Crippen molar-refractivity contribution in [2.45, 2.75) is 0 Å². The van der Waals surface area contributed by atoms with Crippen LogP contribution in [0.5, 0.6) is 0 Å². The Bertz CT molecular complexity index is 885. The highest BCUT2D eigenvalue weighted by Gasteiger charge is 2.14. The van der Waals surface area contributed by atoms with Crippen LogP contribution in [-0.2, 0) is 4.74 Å². The molecule has 2 N–H and O–H groups in total. The molecule has 108 valence electrons. The molecule has 0 saturated heterocycles. The Kier molecular flexibility index (Phi) is 2.82. The van der Waals surface area contributed by atoms with Gasteiger partial charge in [-0.25, -0.2) is 10.2 Å². The molecule has 2 aromatic heterocycles. The van der Waals surface area contributed by atoms with Crippen molar-refractivity contribution >= 4 is 22.7 Å². The molecular weight excluding hydrogens is 282 g/mol. The molecule has 1 aromatic carbocycles. The van der Waals surface area contributed by atoms with Gasteiger partial charge in [-0.15, -0.1) is 0 Å². The molecule has 3 aromatic rings. The number of aromatic amines is 1. The Hall–Kier alpha value is -3.22. The van der Waals surface area contributed by atoms with Gasteiger partial charge in [-0.2, -0.15) is 15.3 Å². The summed E-state index contributed by atoms with van der Waals surface area (Å²) in [6.45, 7) is 0.170. The molecule has 0 bridgehead atoms. The molecule has 22 heavy (non-hydrogen) atoms. The number of hydrogen-bond acceptors (Lipinski definition) is 5. The van der Waals surface area contributed by atoms with Crippen molar-refractivity contribution in [3.05, 3.63) is 48.3 Å². The fraction of sp³-hybridized carbons (Fsp3) is 0.0667. The number of hydrogen-bond donors (Lipinski definition) is 2. The molecule has 1 aliphatic rings. The number of carbonyl (C=O) groups excluding carboxylic acids is 1. The summed E-state index contributed by atoms with van der Waals surface area (Å²) in [4.78, 5) is 14.3. The van der Waals surface area contributed by atoms with Gasteiger partial charge in [0, 0.05) is 27.7 Å². The van der Waals surface area contributed by atoms with E-state index in [0.29, 0.717) is 5.71 Å². The van der Waals surface area contributed by atoms with E-state index in [1.807, 2.05) is 30.3 Å². The highest BCUT2D eigenvalue weighted by Crippen LogP contribution is 2.24. The standard InChI is InChI=1S/C15H11N5O2/c21-15-20-19-14(8-22-15)9-1-2-12-11(5-9)6-13(18-12)10-3-4-16-17-7-10/h1-7,18H,8H2,(H,20,21). The second-order valence-corrected chi connectivity index (χ2v) is 4.86. The number of hydrazone groups is 1. The van der Waals surface area contributed by atoms with Crippen LogP contribution in [0.1, 0.15) is 5.56 Å². The molecule has 3 heterocycles. The lowest BCUT2D eigenvalue weighted by atomic mass is 10.1. The molecule has 0 unspecified atom stereocenters. The maximum absolute atomic E-state index is 11.0. The second-order valence-electron chi connectivity index (χ2n) is 4.86. The highest BCUT2D eigenvalue weighted by atomic mass is 16.6. The number of nitrogens with one attached hydrogen (secondary N) is 2. The van der Waals surface area contributed by atoms with Crippen molar-refractivity contribution in [1.82, 2.24) is 20.6 Å². The second kappa shape index (κ2) is 4.96. The average Bonchev–Trinajstić information content (AvgIpc) is 2.99. The lowest BCUT2D eigenvalue weighted by molar-refractivity contribution is 0.157. The van der Waals surface area contributed by atoms with Crippen molar-refractivity contribution in [3.63, 3.8) is 0 Å². The van der Waals surface area contributed by atoms with Gasteiger partial charge in [0.2, 0.25) is 0 Å². The van der Waals surface area contributed by atoms with E-state index in [4.69, 9.17) is 4.74 Å². The van der Waals surface area contributed by atoms with Gasteiger partial charge in [-0.1, -0.05) is 6.07 Å². The van der Waals surface area contributed by atoms with Crippen molar-refractivity contribution in [2.24, 2.45) is 5.10 Å². The predicted octanol–water partition coefficient (Wildman–Crippen LogP) is 2.07. The van der Waals surface area contributed by atoms with Gasteiger partial charge in [0.05, 0.1) is 12.4 Å². The van der Waals surface area contributed by atoms with Gasteiger partial charge in [-0.3, -0.25) is 0 Å². The number of amides is 1. The summed E-state index contributed by atoms with van der Waals surface area (Å²) in [5.41, 5.74) is 6.86. The molecule has 0 fully saturated rings. The summed E-state index contributed by atoms with van der Waals surface area (Å²) in [6.07, 6.45) is 2.84. The van der Waals surface area contributed by atoms with E-state index in [9.17, 15) is 4.79 Å². The zero-order chi connectivity index (χ0) is 14.9. The van der Waals surface area contributed by atoms with E-state index in [1.165, 1.54) is 0 Å². The Balaban J connectivity index is 1.74. The monoisotopic (exact) mass is 293 g/mol. The van der Waals surface area contributed by atoms with E-state index in [0.717, 1.165) is 27.7 Å². The fourth-order valence-corrected chi connectivity index (χ4v) is 2.38. The summed E-state index contributed by atoms with van der Waals surface area (Å²) in [6, 6.07) is 9.85.